The van der Waals surface area contributed by atoms with E-state index in [-0.39, 0.29) is 27.4 Å². The third kappa shape index (κ3) is 4.47. The Balaban J connectivity index is 1.78. The zero-order valence-electron chi connectivity index (χ0n) is 17.2. The second-order valence-electron chi connectivity index (χ2n) is 7.35. The molecule has 0 spiro atoms. The van der Waals surface area contributed by atoms with Crippen LogP contribution in [0.1, 0.15) is 43.4 Å². The normalized spacial score (nSPS) is 15.0. The average molecular weight is 558 g/mol. The zero-order chi connectivity index (χ0) is 24.8. The van der Waals surface area contributed by atoms with Gasteiger partial charge in [0, 0.05) is 37.4 Å². The van der Waals surface area contributed by atoms with E-state index in [1.807, 2.05) is 0 Å². The van der Waals surface area contributed by atoms with E-state index < -0.39 is 41.2 Å². The number of methoxy groups -OCH3 is 1. The van der Waals surface area contributed by atoms with Crippen LogP contribution in [0.15, 0.2) is 53.0 Å². The van der Waals surface area contributed by atoms with Gasteiger partial charge in [-0.25, -0.2) is 4.39 Å². The van der Waals surface area contributed by atoms with Gasteiger partial charge >= 0.3 is 6.18 Å². The van der Waals surface area contributed by atoms with E-state index in [4.69, 9.17) is 16.3 Å². The number of benzene rings is 3. The Labute approximate surface area is 204 Å². The topological polar surface area (TPSA) is 67.4 Å². The van der Waals surface area contributed by atoms with Gasteiger partial charge in [-0.05, 0) is 48.5 Å². The molecule has 176 valence electrons. The number of carbonyl (C=O) groups is 2. The van der Waals surface area contributed by atoms with E-state index in [9.17, 15) is 27.2 Å². The van der Waals surface area contributed by atoms with Crippen LogP contribution in [-0.2, 0) is 6.18 Å². The number of hydrogen-bond acceptors (Lipinski definition) is 3. The number of hydrogen-bond donors (Lipinski definition) is 2. The van der Waals surface area contributed by atoms with E-state index >= 15 is 0 Å². The van der Waals surface area contributed by atoms with Crippen molar-refractivity contribution in [1.82, 2.24) is 5.32 Å². The summed E-state index contributed by atoms with van der Waals surface area (Å²) < 4.78 is 59.3. The molecule has 3 aromatic rings. The Hall–Kier alpha value is -3.11. The van der Waals surface area contributed by atoms with Crippen LogP contribution in [0.3, 0.4) is 0 Å². The van der Waals surface area contributed by atoms with Crippen molar-refractivity contribution in [3.8, 4) is 5.75 Å². The molecule has 0 aliphatic carbocycles. The van der Waals surface area contributed by atoms with Gasteiger partial charge in [0.2, 0.25) is 0 Å². The molecule has 0 bridgehead atoms. The number of fused-ring (bicyclic) bond motifs is 1. The van der Waals surface area contributed by atoms with Crippen molar-refractivity contribution in [3.05, 3.63) is 91.7 Å². The van der Waals surface area contributed by atoms with Gasteiger partial charge in [0.25, 0.3) is 11.8 Å². The summed E-state index contributed by atoms with van der Waals surface area (Å²) in [5.74, 6) is -2.34. The van der Waals surface area contributed by atoms with Gasteiger partial charge in [-0.1, -0.05) is 27.5 Å². The number of ether oxygens (including phenoxy) is 1. The molecule has 5 nitrogen and oxygen atoms in total. The number of rotatable bonds is 4. The van der Waals surface area contributed by atoms with Crippen LogP contribution in [0.4, 0.5) is 23.2 Å². The number of nitrogens with one attached hydrogen (secondary N) is 2. The second-order valence-corrected chi connectivity index (χ2v) is 8.68. The van der Waals surface area contributed by atoms with Crippen LogP contribution in [-0.4, -0.2) is 18.9 Å². The Morgan fingerprint density at radius 2 is 1.88 bits per heavy atom. The third-order valence-electron chi connectivity index (χ3n) is 5.24. The fraction of sp³-hybridized carbons (Fsp3) is 0.130. The van der Waals surface area contributed by atoms with Crippen LogP contribution in [0.2, 0.25) is 5.02 Å². The van der Waals surface area contributed by atoms with E-state index in [1.165, 1.54) is 24.3 Å². The summed E-state index contributed by atoms with van der Waals surface area (Å²) in [6, 6.07) is 8.69. The maximum absolute atomic E-state index is 13.9. The highest BCUT2D eigenvalue weighted by atomic mass is 79.9. The molecule has 34 heavy (non-hydrogen) atoms. The lowest BCUT2D eigenvalue weighted by molar-refractivity contribution is -0.138. The fourth-order valence-corrected chi connectivity index (χ4v) is 4.42. The molecule has 1 atom stereocenters. The molecule has 1 heterocycles. The lowest BCUT2D eigenvalue weighted by Crippen LogP contribution is -2.21. The van der Waals surface area contributed by atoms with Gasteiger partial charge in [0.15, 0.2) is 0 Å². The highest BCUT2D eigenvalue weighted by Gasteiger charge is 2.36. The first kappa shape index (κ1) is 24.0. The highest BCUT2D eigenvalue weighted by Crippen LogP contribution is 2.41. The Morgan fingerprint density at radius 1 is 1.15 bits per heavy atom. The fourth-order valence-electron chi connectivity index (χ4n) is 3.74. The first-order valence-corrected chi connectivity index (χ1v) is 10.8. The lowest BCUT2D eigenvalue weighted by Gasteiger charge is -2.19. The number of anilines is 1. The summed E-state index contributed by atoms with van der Waals surface area (Å²) in [6.07, 6.45) is -4.74. The summed E-state index contributed by atoms with van der Waals surface area (Å²) in [5.41, 5.74) is -0.486. The van der Waals surface area contributed by atoms with Crippen molar-refractivity contribution >= 4 is 45.0 Å². The van der Waals surface area contributed by atoms with Gasteiger partial charge < -0.3 is 15.4 Å². The Kier molecular flexibility index (Phi) is 6.30. The quantitative estimate of drug-likeness (QED) is 0.367. The minimum absolute atomic E-state index is 0.141. The van der Waals surface area contributed by atoms with Gasteiger partial charge in [-0.3, -0.25) is 9.59 Å². The molecule has 3 aromatic carbocycles. The summed E-state index contributed by atoms with van der Waals surface area (Å²) in [5, 5.41) is 5.45. The molecule has 0 saturated heterocycles. The molecule has 11 heteroatoms. The highest BCUT2D eigenvalue weighted by molar-refractivity contribution is 9.10. The maximum atomic E-state index is 13.9. The van der Waals surface area contributed by atoms with Crippen LogP contribution in [0.5, 0.6) is 5.75 Å². The molecule has 0 aromatic heterocycles. The predicted octanol–water partition coefficient (Wildman–Crippen LogP) is 6.35. The van der Waals surface area contributed by atoms with Crippen molar-refractivity contribution in [1.29, 1.82) is 0 Å². The monoisotopic (exact) mass is 556 g/mol. The van der Waals surface area contributed by atoms with Crippen LogP contribution in [0.25, 0.3) is 0 Å². The van der Waals surface area contributed by atoms with E-state index in [2.05, 4.69) is 26.6 Å². The number of carbonyl (C=O) groups excluding carboxylic acids is 2. The number of halogens is 6. The lowest BCUT2D eigenvalue weighted by atomic mass is 9.96. The van der Waals surface area contributed by atoms with Crippen molar-refractivity contribution in [2.24, 2.45) is 0 Å². The smallest absolute Gasteiger partial charge is 0.419 e. The standard InChI is InChI=1S/C23H14BrClF4N2O3/c1-34-18-5-2-10(6-15(18)23(27,28)29)21(32)30-17-8-11(24)7-14-19(17)20(31-22(14)33)13-9-12(26)3-4-16(13)25/h2-9,20H,1H3,(H,30,32)(H,31,33). The number of amides is 2. The molecule has 2 amide bonds. The summed E-state index contributed by atoms with van der Waals surface area (Å²) in [7, 11) is 1.09. The van der Waals surface area contributed by atoms with E-state index in [1.54, 1.807) is 0 Å². The van der Waals surface area contributed by atoms with Crippen molar-refractivity contribution in [2.45, 2.75) is 12.2 Å². The van der Waals surface area contributed by atoms with Crippen molar-refractivity contribution < 1.29 is 31.9 Å². The first-order chi connectivity index (χ1) is 16.0. The minimum Gasteiger partial charge on any atom is -0.496 e. The molecule has 1 aliphatic heterocycles. The predicted molar refractivity (Wildman–Crippen MR) is 121 cm³/mol. The Morgan fingerprint density at radius 3 is 2.56 bits per heavy atom. The van der Waals surface area contributed by atoms with Gasteiger partial charge in [0.1, 0.15) is 11.6 Å². The molecule has 0 saturated carbocycles. The molecule has 0 fully saturated rings. The molecular formula is C23H14BrClF4N2O3. The van der Waals surface area contributed by atoms with Crippen LogP contribution < -0.4 is 15.4 Å². The summed E-state index contributed by atoms with van der Waals surface area (Å²) in [6.45, 7) is 0. The second kappa shape index (κ2) is 8.92. The average Bonchev–Trinajstić information content (AvgIpc) is 3.10. The summed E-state index contributed by atoms with van der Waals surface area (Å²) in [4.78, 5) is 25.5. The van der Waals surface area contributed by atoms with Gasteiger partial charge in [-0.2, -0.15) is 13.2 Å². The summed E-state index contributed by atoms with van der Waals surface area (Å²) >= 11 is 9.50. The first-order valence-electron chi connectivity index (χ1n) is 9.65. The van der Waals surface area contributed by atoms with Crippen LogP contribution >= 0.6 is 27.5 Å². The van der Waals surface area contributed by atoms with Crippen molar-refractivity contribution in [3.63, 3.8) is 0 Å². The molecule has 1 unspecified atom stereocenters. The van der Waals surface area contributed by atoms with E-state index in [0.29, 0.717) is 16.1 Å². The van der Waals surface area contributed by atoms with Gasteiger partial charge in [0.05, 0.1) is 18.7 Å². The molecular weight excluding hydrogens is 544 g/mol. The van der Waals surface area contributed by atoms with Crippen LogP contribution in [0, 0.1) is 5.82 Å². The molecule has 2 N–H and O–H groups in total. The third-order valence-corrected chi connectivity index (χ3v) is 6.04. The van der Waals surface area contributed by atoms with Gasteiger partial charge in [-0.15, -0.1) is 0 Å². The SMILES string of the molecule is COc1ccc(C(=O)Nc2cc(Br)cc3c2C(c2cc(F)ccc2Cl)NC3=O)cc1C(F)(F)F. The molecule has 0 radical (unpaired) electrons. The van der Waals surface area contributed by atoms with E-state index in [0.717, 1.165) is 25.3 Å². The zero-order valence-corrected chi connectivity index (χ0v) is 19.5. The van der Waals surface area contributed by atoms with Crippen molar-refractivity contribution in [2.75, 3.05) is 12.4 Å². The minimum atomic E-state index is -4.74. The number of alkyl halides is 3. The largest absolute Gasteiger partial charge is 0.496 e. The maximum Gasteiger partial charge on any atom is 0.419 e. The molecule has 4 rings (SSSR count). The Bertz CT molecular complexity index is 1330. The molecule has 1 aliphatic rings.